The number of halogens is 2. The smallest absolute Gasteiger partial charge is 0.373 e. The minimum atomic E-state index is -0.679. The highest BCUT2D eigenvalue weighted by atomic mass is 127. The number of urea groups is 1. The highest BCUT2D eigenvalue weighted by molar-refractivity contribution is 14.1. The molecule has 1 aromatic heterocycles. The van der Waals surface area contributed by atoms with Crippen LogP contribution in [-0.2, 0) is 20.9 Å². The van der Waals surface area contributed by atoms with Gasteiger partial charge in [-0.15, -0.1) is 0 Å². The molecule has 3 aromatic rings. The number of methoxy groups -OCH3 is 1. The molecule has 208 valence electrons. The molecule has 2 aromatic carbocycles. The molecule has 40 heavy (non-hydrogen) atoms. The molecule has 2 N–H and O–H groups in total. The number of nitrogens with one attached hydrogen (secondary N) is 2. The second-order valence-corrected chi connectivity index (χ2v) is 9.38. The summed E-state index contributed by atoms with van der Waals surface area (Å²) in [7, 11) is 1.21. The van der Waals surface area contributed by atoms with Crippen LogP contribution in [0.3, 0.4) is 0 Å². The predicted octanol–water partition coefficient (Wildman–Crippen LogP) is 4.32. The van der Waals surface area contributed by atoms with Gasteiger partial charge in [-0.05, 0) is 77.6 Å². The van der Waals surface area contributed by atoms with Crippen LogP contribution in [-0.4, -0.2) is 49.0 Å². The molecule has 1 aliphatic rings. The van der Waals surface area contributed by atoms with Crippen LogP contribution in [0, 0.1) is 9.39 Å². The van der Waals surface area contributed by atoms with Gasteiger partial charge in [0.15, 0.2) is 18.1 Å². The minimum Gasteiger partial charge on any atom is -0.490 e. The number of rotatable bonds is 10. The highest BCUT2D eigenvalue weighted by Crippen LogP contribution is 2.35. The van der Waals surface area contributed by atoms with Gasteiger partial charge in [-0.25, -0.2) is 14.0 Å². The number of esters is 1. The average molecular weight is 663 g/mol. The molecule has 0 unspecified atom stereocenters. The number of furan rings is 1. The van der Waals surface area contributed by atoms with Crippen LogP contribution in [0.4, 0.5) is 14.9 Å². The van der Waals surface area contributed by atoms with Crippen LogP contribution < -0.4 is 20.1 Å². The third-order valence-corrected chi connectivity index (χ3v) is 6.26. The Labute approximate surface area is 241 Å². The van der Waals surface area contributed by atoms with Crippen LogP contribution in [0.2, 0.25) is 0 Å². The zero-order valence-corrected chi connectivity index (χ0v) is 23.4. The van der Waals surface area contributed by atoms with E-state index in [2.05, 4.69) is 15.4 Å². The Bertz CT molecular complexity index is 1500. The molecule has 0 spiro atoms. The Hall–Kier alpha value is -4.40. The minimum absolute atomic E-state index is 0.0147. The number of nitrogens with zero attached hydrogens (tertiary/aromatic N) is 1. The predicted molar refractivity (Wildman–Crippen MR) is 148 cm³/mol. The fraction of sp³-hybridized carbons (Fsp3) is 0.185. The van der Waals surface area contributed by atoms with Gasteiger partial charge in [0.05, 0.1) is 29.5 Å². The topological polar surface area (TPSA) is 136 Å². The van der Waals surface area contributed by atoms with Crippen molar-refractivity contribution >= 4 is 58.2 Å². The van der Waals surface area contributed by atoms with Crippen LogP contribution in [0.15, 0.2) is 58.6 Å². The lowest BCUT2D eigenvalue weighted by Gasteiger charge is -2.15. The van der Waals surface area contributed by atoms with Gasteiger partial charge in [-0.1, -0.05) is 12.1 Å². The Kier molecular flexibility index (Phi) is 9.04. The SMILES string of the molecule is CCOc1cc(/C=C2\NC(=O)N(Cc3ccc(C(=O)OC)o3)C2=O)cc(I)c1OCC(=O)Nc1ccccc1F. The average Bonchev–Trinajstić information content (AvgIpc) is 3.49. The molecule has 13 heteroatoms. The van der Waals surface area contributed by atoms with Crippen molar-refractivity contribution in [3.8, 4) is 11.5 Å². The van der Waals surface area contributed by atoms with Crippen LogP contribution in [0.25, 0.3) is 6.08 Å². The fourth-order valence-electron chi connectivity index (χ4n) is 3.67. The summed E-state index contributed by atoms with van der Waals surface area (Å²) >= 11 is 1.99. The van der Waals surface area contributed by atoms with E-state index in [0.717, 1.165) is 4.90 Å². The van der Waals surface area contributed by atoms with E-state index in [1.54, 1.807) is 25.1 Å². The Balaban J connectivity index is 1.48. The third kappa shape index (κ3) is 6.59. The van der Waals surface area contributed by atoms with Crippen molar-refractivity contribution in [2.24, 2.45) is 0 Å². The molecular weight excluding hydrogens is 640 g/mol. The van der Waals surface area contributed by atoms with Gasteiger partial charge < -0.3 is 29.3 Å². The molecule has 0 atom stereocenters. The summed E-state index contributed by atoms with van der Waals surface area (Å²) in [6, 6.07) is 11.2. The van der Waals surface area contributed by atoms with E-state index in [1.807, 2.05) is 22.6 Å². The molecule has 0 saturated carbocycles. The summed E-state index contributed by atoms with van der Waals surface area (Å²) in [4.78, 5) is 50.3. The van der Waals surface area contributed by atoms with E-state index in [9.17, 15) is 23.6 Å². The third-order valence-electron chi connectivity index (χ3n) is 5.46. The maximum Gasteiger partial charge on any atom is 0.373 e. The molecule has 0 radical (unpaired) electrons. The molecule has 4 amide bonds. The van der Waals surface area contributed by atoms with E-state index in [4.69, 9.17) is 13.9 Å². The molecule has 4 rings (SSSR count). The van der Waals surface area contributed by atoms with Gasteiger partial charge in [0.2, 0.25) is 5.76 Å². The largest absolute Gasteiger partial charge is 0.490 e. The maximum atomic E-state index is 13.8. The van der Waals surface area contributed by atoms with E-state index in [0.29, 0.717) is 14.9 Å². The Morgan fingerprint density at radius 3 is 2.65 bits per heavy atom. The van der Waals surface area contributed by atoms with Gasteiger partial charge in [-0.3, -0.25) is 14.5 Å². The number of carbonyl (C=O) groups is 4. The van der Waals surface area contributed by atoms with Gasteiger partial charge >= 0.3 is 12.0 Å². The number of imide groups is 1. The molecule has 1 saturated heterocycles. The molecule has 2 heterocycles. The summed E-state index contributed by atoms with van der Waals surface area (Å²) in [6.45, 7) is 1.46. The van der Waals surface area contributed by atoms with Crippen molar-refractivity contribution in [1.82, 2.24) is 10.2 Å². The van der Waals surface area contributed by atoms with Crippen LogP contribution >= 0.6 is 22.6 Å². The number of carbonyl (C=O) groups excluding carboxylic acids is 4. The van der Waals surface area contributed by atoms with E-state index in [-0.39, 0.29) is 41.8 Å². The lowest BCUT2D eigenvalue weighted by Crippen LogP contribution is -2.30. The second kappa shape index (κ2) is 12.6. The van der Waals surface area contributed by atoms with Crippen molar-refractivity contribution in [3.63, 3.8) is 0 Å². The summed E-state index contributed by atoms with van der Waals surface area (Å²) in [5.74, 6) is -1.65. The second-order valence-electron chi connectivity index (χ2n) is 8.22. The van der Waals surface area contributed by atoms with Gasteiger partial charge in [0, 0.05) is 0 Å². The molecule has 1 fully saturated rings. The Morgan fingerprint density at radius 2 is 1.93 bits per heavy atom. The number of hydrogen-bond donors (Lipinski definition) is 2. The van der Waals surface area contributed by atoms with E-state index < -0.39 is 36.2 Å². The van der Waals surface area contributed by atoms with E-state index in [1.165, 1.54) is 43.5 Å². The summed E-state index contributed by atoms with van der Waals surface area (Å²) in [5, 5.41) is 4.97. The first-order valence-corrected chi connectivity index (χ1v) is 12.9. The van der Waals surface area contributed by atoms with Gasteiger partial charge in [-0.2, -0.15) is 0 Å². The first-order valence-electron chi connectivity index (χ1n) is 11.8. The standard InChI is InChI=1S/C27H23FIN3O8/c1-3-38-22-12-15(10-18(29)24(22)39-14-23(33)30-19-7-5-4-6-17(19)28)11-20-25(34)32(27(36)31-20)13-16-8-9-21(40-16)26(35)37-2/h4-12H,3,13-14H2,1-2H3,(H,30,33)(H,31,36)/b20-11-. The van der Waals surface area contributed by atoms with Gasteiger partial charge in [0.25, 0.3) is 11.8 Å². The number of benzene rings is 2. The molecule has 1 aliphatic heterocycles. The quantitative estimate of drug-likeness (QED) is 0.142. The zero-order valence-electron chi connectivity index (χ0n) is 21.3. The van der Waals surface area contributed by atoms with E-state index >= 15 is 0 Å². The van der Waals surface area contributed by atoms with Crippen molar-refractivity contribution in [3.05, 3.63) is 80.7 Å². The molecular formula is C27H23FIN3O8. The van der Waals surface area contributed by atoms with Crippen molar-refractivity contribution in [2.45, 2.75) is 13.5 Å². The summed E-state index contributed by atoms with van der Waals surface area (Å²) in [5.41, 5.74) is 0.569. The Morgan fingerprint density at radius 1 is 1.15 bits per heavy atom. The first-order chi connectivity index (χ1) is 19.2. The molecule has 11 nitrogen and oxygen atoms in total. The normalized spacial score (nSPS) is 13.8. The molecule has 0 bridgehead atoms. The number of ether oxygens (including phenoxy) is 3. The molecule has 0 aliphatic carbocycles. The summed E-state index contributed by atoms with van der Waals surface area (Å²) < 4.78 is 35.7. The number of para-hydroxylation sites is 1. The monoisotopic (exact) mass is 663 g/mol. The van der Waals surface area contributed by atoms with Crippen molar-refractivity contribution in [1.29, 1.82) is 0 Å². The fourth-order valence-corrected chi connectivity index (χ4v) is 4.45. The van der Waals surface area contributed by atoms with Crippen molar-refractivity contribution < 1.29 is 42.2 Å². The zero-order chi connectivity index (χ0) is 28.8. The number of hydrogen-bond acceptors (Lipinski definition) is 8. The van der Waals surface area contributed by atoms with Crippen LogP contribution in [0.5, 0.6) is 11.5 Å². The highest BCUT2D eigenvalue weighted by Gasteiger charge is 2.34. The number of amides is 4. The lowest BCUT2D eigenvalue weighted by atomic mass is 10.1. The summed E-state index contributed by atoms with van der Waals surface area (Å²) in [6.07, 6.45) is 1.47. The first kappa shape index (κ1) is 28.6. The maximum absolute atomic E-state index is 13.8. The van der Waals surface area contributed by atoms with Crippen LogP contribution in [0.1, 0.15) is 28.8 Å². The van der Waals surface area contributed by atoms with Gasteiger partial charge in [0.1, 0.15) is 17.3 Å². The van der Waals surface area contributed by atoms with Crippen molar-refractivity contribution in [2.75, 3.05) is 25.6 Å². The number of anilines is 1. The lowest BCUT2D eigenvalue weighted by molar-refractivity contribution is -0.123.